The van der Waals surface area contributed by atoms with Gasteiger partial charge in [-0.2, -0.15) is 5.10 Å². The van der Waals surface area contributed by atoms with E-state index >= 15 is 0 Å². The van der Waals surface area contributed by atoms with Gasteiger partial charge in [-0.3, -0.25) is 14.9 Å². The van der Waals surface area contributed by atoms with Crippen LogP contribution in [0, 0.1) is 10.1 Å². The zero-order valence-electron chi connectivity index (χ0n) is 17.8. The third-order valence-electron chi connectivity index (χ3n) is 4.96. The van der Waals surface area contributed by atoms with Crippen molar-refractivity contribution in [3.05, 3.63) is 116 Å². The molecule has 0 bridgehead atoms. The Morgan fingerprint density at radius 2 is 1.71 bits per heavy atom. The Balaban J connectivity index is 1.59. The molecule has 1 N–H and O–H groups in total. The molecule has 0 aliphatic rings. The van der Waals surface area contributed by atoms with E-state index in [1.165, 1.54) is 36.4 Å². The van der Waals surface area contributed by atoms with Crippen LogP contribution in [0.15, 0.2) is 84.0 Å². The molecular formula is C25H15Cl2N3O5. The normalized spacial score (nSPS) is 10.9. The van der Waals surface area contributed by atoms with E-state index in [-0.39, 0.29) is 27.6 Å². The van der Waals surface area contributed by atoms with Crippen LogP contribution < -0.4 is 10.2 Å². The van der Waals surface area contributed by atoms with Crippen molar-refractivity contribution in [1.82, 2.24) is 5.43 Å². The van der Waals surface area contributed by atoms with Gasteiger partial charge in [-0.25, -0.2) is 10.2 Å². The van der Waals surface area contributed by atoms with Gasteiger partial charge in [0.2, 0.25) is 0 Å². The molecule has 4 aromatic rings. The number of nitro benzene ring substituents is 1. The van der Waals surface area contributed by atoms with E-state index in [4.69, 9.17) is 27.9 Å². The van der Waals surface area contributed by atoms with Crippen molar-refractivity contribution in [1.29, 1.82) is 0 Å². The van der Waals surface area contributed by atoms with Gasteiger partial charge in [0, 0.05) is 28.3 Å². The minimum atomic E-state index is -0.796. The molecule has 35 heavy (non-hydrogen) atoms. The van der Waals surface area contributed by atoms with Crippen LogP contribution >= 0.6 is 23.2 Å². The summed E-state index contributed by atoms with van der Waals surface area (Å²) in [4.78, 5) is 35.9. The van der Waals surface area contributed by atoms with Gasteiger partial charge < -0.3 is 4.74 Å². The summed E-state index contributed by atoms with van der Waals surface area (Å²) in [6.07, 6.45) is 1.15. The molecule has 10 heteroatoms. The number of rotatable bonds is 6. The predicted molar refractivity (Wildman–Crippen MR) is 134 cm³/mol. The van der Waals surface area contributed by atoms with Gasteiger partial charge in [0.1, 0.15) is 5.75 Å². The monoisotopic (exact) mass is 507 g/mol. The summed E-state index contributed by atoms with van der Waals surface area (Å²) in [6.45, 7) is 0. The van der Waals surface area contributed by atoms with Crippen LogP contribution in [0.4, 0.5) is 5.69 Å². The highest BCUT2D eigenvalue weighted by Crippen LogP contribution is 2.26. The molecule has 0 aromatic heterocycles. The number of amides is 1. The van der Waals surface area contributed by atoms with Gasteiger partial charge in [0.05, 0.1) is 21.7 Å². The quantitative estimate of drug-likeness (QED) is 0.112. The number of fused-ring (bicyclic) bond motifs is 1. The zero-order chi connectivity index (χ0) is 24.9. The van der Waals surface area contributed by atoms with Gasteiger partial charge in [-0.1, -0.05) is 59.6 Å². The lowest BCUT2D eigenvalue weighted by atomic mass is 10.0. The van der Waals surface area contributed by atoms with Crippen molar-refractivity contribution in [2.75, 3.05) is 0 Å². The molecule has 0 saturated carbocycles. The lowest BCUT2D eigenvalue weighted by Gasteiger charge is -2.09. The number of hydrogen-bond donors (Lipinski definition) is 1. The summed E-state index contributed by atoms with van der Waals surface area (Å²) >= 11 is 11.9. The number of benzene rings is 4. The molecular weight excluding hydrogens is 493 g/mol. The Labute approximate surface area is 208 Å². The van der Waals surface area contributed by atoms with Crippen LogP contribution in [0.1, 0.15) is 26.3 Å². The van der Waals surface area contributed by atoms with Gasteiger partial charge >= 0.3 is 5.97 Å². The molecule has 0 unspecified atom stereocenters. The second-order valence-corrected chi connectivity index (χ2v) is 8.06. The lowest BCUT2D eigenvalue weighted by Crippen LogP contribution is -2.18. The summed E-state index contributed by atoms with van der Waals surface area (Å²) < 4.78 is 5.39. The summed E-state index contributed by atoms with van der Waals surface area (Å²) in [5, 5.41) is 17.2. The molecule has 0 radical (unpaired) electrons. The first-order valence-electron chi connectivity index (χ1n) is 10.1. The highest BCUT2D eigenvalue weighted by atomic mass is 35.5. The number of carbonyl (C=O) groups excluding carboxylic acids is 2. The Bertz CT molecular complexity index is 1500. The van der Waals surface area contributed by atoms with Gasteiger partial charge in [0.15, 0.2) is 0 Å². The SMILES string of the molecule is O=C(Oc1ccc([N+](=O)[O-])cc1/C=N/NC(=O)c1cccc2ccccc12)c1ccc(Cl)cc1Cl. The summed E-state index contributed by atoms with van der Waals surface area (Å²) in [6, 6.07) is 20.5. The molecule has 8 nitrogen and oxygen atoms in total. The molecule has 174 valence electrons. The van der Waals surface area contributed by atoms with E-state index in [0.29, 0.717) is 10.6 Å². The second kappa shape index (κ2) is 10.3. The number of non-ortho nitro benzene ring substituents is 1. The largest absolute Gasteiger partial charge is 0.422 e. The number of nitrogens with one attached hydrogen (secondary N) is 1. The molecule has 0 atom stereocenters. The number of halogens is 2. The molecule has 0 aliphatic carbocycles. The zero-order valence-corrected chi connectivity index (χ0v) is 19.3. The van der Waals surface area contributed by atoms with Crippen molar-refractivity contribution in [2.45, 2.75) is 0 Å². The van der Waals surface area contributed by atoms with E-state index in [0.717, 1.165) is 17.0 Å². The topological polar surface area (TPSA) is 111 Å². The number of carbonyl (C=O) groups is 2. The third-order valence-corrected chi connectivity index (χ3v) is 5.51. The average molecular weight is 508 g/mol. The predicted octanol–water partition coefficient (Wildman–Crippen LogP) is 6.04. The molecule has 0 fully saturated rings. The molecule has 0 spiro atoms. The maximum Gasteiger partial charge on any atom is 0.345 e. The third kappa shape index (κ3) is 5.46. The minimum absolute atomic E-state index is 0.0187. The van der Waals surface area contributed by atoms with Crippen molar-refractivity contribution in [3.63, 3.8) is 0 Å². The van der Waals surface area contributed by atoms with E-state index < -0.39 is 16.8 Å². The molecule has 1 amide bonds. The van der Waals surface area contributed by atoms with E-state index in [2.05, 4.69) is 10.5 Å². The minimum Gasteiger partial charge on any atom is -0.422 e. The Hall–Kier alpha value is -4.27. The fourth-order valence-corrected chi connectivity index (χ4v) is 3.78. The number of hydrogen-bond acceptors (Lipinski definition) is 6. The van der Waals surface area contributed by atoms with Gasteiger partial charge in [-0.15, -0.1) is 0 Å². The van der Waals surface area contributed by atoms with E-state index in [1.54, 1.807) is 12.1 Å². The number of nitrogens with zero attached hydrogens (tertiary/aromatic N) is 2. The standard InChI is InChI=1S/C25H15Cl2N3O5/c26-17-8-10-21(22(27)13-17)25(32)35-23-11-9-18(30(33)34)12-16(23)14-28-29-24(31)20-7-3-5-15-4-1-2-6-19(15)20/h1-14H,(H,29,31)/b28-14+. The fraction of sp³-hybridized carbons (Fsp3) is 0. The van der Waals surface area contributed by atoms with Crippen LogP contribution in [0.3, 0.4) is 0 Å². The first kappa shape index (κ1) is 23.9. The Kier molecular flexibility index (Phi) is 7.05. The van der Waals surface area contributed by atoms with Gasteiger partial charge in [0.25, 0.3) is 11.6 Å². The highest BCUT2D eigenvalue weighted by Gasteiger charge is 2.17. The van der Waals surface area contributed by atoms with Crippen molar-refractivity contribution in [3.8, 4) is 5.75 Å². The Morgan fingerprint density at radius 3 is 2.49 bits per heavy atom. The number of esters is 1. The molecule has 0 heterocycles. The van der Waals surface area contributed by atoms with Crippen LogP contribution in [0.5, 0.6) is 5.75 Å². The highest BCUT2D eigenvalue weighted by molar-refractivity contribution is 6.36. The van der Waals surface area contributed by atoms with Crippen molar-refractivity contribution >= 4 is 57.8 Å². The van der Waals surface area contributed by atoms with Crippen LogP contribution in [-0.2, 0) is 0 Å². The molecule has 0 aliphatic heterocycles. The maximum atomic E-state index is 12.7. The maximum absolute atomic E-state index is 12.7. The average Bonchev–Trinajstić information content (AvgIpc) is 2.84. The summed E-state index contributed by atoms with van der Waals surface area (Å²) in [5.74, 6) is -1.29. The number of hydrazone groups is 1. The van der Waals surface area contributed by atoms with Crippen LogP contribution in [0.2, 0.25) is 10.0 Å². The first-order chi connectivity index (χ1) is 16.8. The first-order valence-corrected chi connectivity index (χ1v) is 10.9. The van der Waals surface area contributed by atoms with Crippen molar-refractivity contribution < 1.29 is 19.2 Å². The fourth-order valence-electron chi connectivity index (χ4n) is 3.30. The smallest absolute Gasteiger partial charge is 0.345 e. The summed E-state index contributed by atoms with van der Waals surface area (Å²) in [7, 11) is 0. The Morgan fingerprint density at radius 1 is 0.943 bits per heavy atom. The summed E-state index contributed by atoms with van der Waals surface area (Å²) in [5.41, 5.74) is 2.70. The van der Waals surface area contributed by atoms with Crippen LogP contribution in [-0.4, -0.2) is 23.0 Å². The molecule has 0 saturated heterocycles. The second-order valence-electron chi connectivity index (χ2n) is 7.22. The lowest BCUT2D eigenvalue weighted by molar-refractivity contribution is -0.384. The van der Waals surface area contributed by atoms with Crippen LogP contribution in [0.25, 0.3) is 10.8 Å². The van der Waals surface area contributed by atoms with E-state index in [1.807, 2.05) is 30.3 Å². The molecule has 4 aromatic carbocycles. The molecule has 4 rings (SSSR count). The van der Waals surface area contributed by atoms with E-state index in [9.17, 15) is 19.7 Å². The van der Waals surface area contributed by atoms with Gasteiger partial charge in [-0.05, 0) is 41.1 Å². The van der Waals surface area contributed by atoms with Crippen molar-refractivity contribution in [2.24, 2.45) is 5.10 Å². The number of ether oxygens (including phenoxy) is 1. The number of nitro groups is 1.